The van der Waals surface area contributed by atoms with E-state index in [0.29, 0.717) is 32.0 Å². The first-order valence-corrected chi connectivity index (χ1v) is 11.6. The highest BCUT2D eigenvalue weighted by atomic mass is 32.2. The molecule has 5 nitrogen and oxygen atoms in total. The zero-order valence-corrected chi connectivity index (χ0v) is 16.9. The molecule has 1 aliphatic carbocycles. The van der Waals surface area contributed by atoms with Crippen molar-refractivity contribution in [3.8, 4) is 0 Å². The van der Waals surface area contributed by atoms with Gasteiger partial charge in [-0.2, -0.15) is 4.31 Å². The predicted octanol–water partition coefficient (Wildman–Crippen LogP) is 3.49. The predicted molar refractivity (Wildman–Crippen MR) is 108 cm³/mol. The molecule has 1 aromatic carbocycles. The zero-order chi connectivity index (χ0) is 19.3. The molecule has 27 heavy (non-hydrogen) atoms. The van der Waals surface area contributed by atoms with Crippen molar-refractivity contribution < 1.29 is 13.2 Å². The van der Waals surface area contributed by atoms with E-state index in [0.717, 1.165) is 24.9 Å². The summed E-state index contributed by atoms with van der Waals surface area (Å²) in [6.45, 7) is 3.63. The van der Waals surface area contributed by atoms with Crippen LogP contribution in [0.3, 0.4) is 0 Å². The Kier molecular flexibility index (Phi) is 6.71. The van der Waals surface area contributed by atoms with E-state index in [1.807, 2.05) is 42.2 Å². The lowest BCUT2D eigenvalue weighted by Crippen LogP contribution is -2.46. The molecule has 0 aromatic heterocycles. The molecular weight excluding hydrogens is 360 g/mol. The van der Waals surface area contributed by atoms with Crippen LogP contribution in [0.4, 0.5) is 0 Å². The van der Waals surface area contributed by atoms with Gasteiger partial charge in [0.25, 0.3) is 0 Å². The molecular formula is C21H30N2O3S. The molecule has 0 radical (unpaired) electrons. The van der Waals surface area contributed by atoms with E-state index >= 15 is 0 Å². The van der Waals surface area contributed by atoms with E-state index in [-0.39, 0.29) is 11.8 Å². The van der Waals surface area contributed by atoms with Crippen molar-refractivity contribution >= 4 is 22.0 Å². The molecule has 1 aromatic rings. The summed E-state index contributed by atoms with van der Waals surface area (Å²) in [5.41, 5.74) is 0.862. The maximum Gasteiger partial charge on any atom is 0.236 e. The minimum atomic E-state index is -3.44. The molecule has 2 fully saturated rings. The van der Waals surface area contributed by atoms with E-state index < -0.39 is 10.0 Å². The van der Waals surface area contributed by atoms with Crippen molar-refractivity contribution in [1.82, 2.24) is 9.21 Å². The Bertz CT molecular complexity index is 747. The SMILES string of the molecule is CCN(C(=O)C1CCN(S(=O)(=O)/C=C/c2ccccc2)CC1)C1CCCC1. The molecule has 0 spiro atoms. The molecule has 148 valence electrons. The quantitative estimate of drug-likeness (QED) is 0.747. The molecule has 1 saturated carbocycles. The van der Waals surface area contributed by atoms with Crippen molar-refractivity contribution in [2.75, 3.05) is 19.6 Å². The maximum absolute atomic E-state index is 12.9. The summed E-state index contributed by atoms with van der Waals surface area (Å²) in [4.78, 5) is 15.0. The van der Waals surface area contributed by atoms with E-state index in [1.165, 1.54) is 22.6 Å². The second kappa shape index (κ2) is 9.02. The lowest BCUT2D eigenvalue weighted by molar-refractivity contribution is -0.138. The number of rotatable bonds is 6. The van der Waals surface area contributed by atoms with Gasteiger partial charge in [0, 0.05) is 37.0 Å². The Morgan fingerprint density at radius 1 is 1.11 bits per heavy atom. The molecule has 0 N–H and O–H groups in total. The van der Waals surface area contributed by atoms with Gasteiger partial charge >= 0.3 is 0 Å². The number of nitrogens with zero attached hydrogens (tertiary/aromatic N) is 2. The zero-order valence-electron chi connectivity index (χ0n) is 16.1. The molecule has 0 bridgehead atoms. The normalized spacial score (nSPS) is 20.3. The molecule has 1 saturated heterocycles. The molecule has 1 aliphatic heterocycles. The number of sulfonamides is 1. The number of piperidine rings is 1. The fraction of sp³-hybridized carbons (Fsp3) is 0.571. The Morgan fingerprint density at radius 2 is 1.74 bits per heavy atom. The minimum absolute atomic E-state index is 0.0462. The average molecular weight is 391 g/mol. The third-order valence-electron chi connectivity index (χ3n) is 5.78. The number of carbonyl (C=O) groups is 1. The van der Waals surface area contributed by atoms with Gasteiger partial charge in [-0.3, -0.25) is 4.79 Å². The van der Waals surface area contributed by atoms with Gasteiger partial charge in [0.05, 0.1) is 0 Å². The van der Waals surface area contributed by atoms with Crippen LogP contribution < -0.4 is 0 Å². The van der Waals surface area contributed by atoms with Crippen LogP contribution >= 0.6 is 0 Å². The second-order valence-corrected chi connectivity index (χ2v) is 9.31. The van der Waals surface area contributed by atoms with Gasteiger partial charge in [0.2, 0.25) is 15.9 Å². The van der Waals surface area contributed by atoms with Gasteiger partial charge in [0.15, 0.2) is 0 Å². The van der Waals surface area contributed by atoms with Crippen LogP contribution in [-0.4, -0.2) is 49.2 Å². The molecule has 0 unspecified atom stereocenters. The molecule has 6 heteroatoms. The summed E-state index contributed by atoms with van der Waals surface area (Å²) in [5.74, 6) is 0.177. The van der Waals surface area contributed by atoms with Crippen molar-refractivity contribution in [1.29, 1.82) is 0 Å². The monoisotopic (exact) mass is 390 g/mol. The van der Waals surface area contributed by atoms with E-state index in [2.05, 4.69) is 0 Å². The number of carbonyl (C=O) groups excluding carboxylic acids is 1. The fourth-order valence-corrected chi connectivity index (χ4v) is 5.44. The topological polar surface area (TPSA) is 57.7 Å². The van der Waals surface area contributed by atoms with Gasteiger partial charge in [-0.05, 0) is 44.2 Å². The molecule has 3 rings (SSSR count). The smallest absolute Gasteiger partial charge is 0.236 e. The van der Waals surface area contributed by atoms with Crippen molar-refractivity contribution in [2.24, 2.45) is 5.92 Å². The van der Waals surface area contributed by atoms with E-state index in [1.54, 1.807) is 6.08 Å². The fourth-order valence-electron chi connectivity index (χ4n) is 4.22. The molecule has 1 amide bonds. The third-order valence-corrected chi connectivity index (χ3v) is 7.35. The Hall–Kier alpha value is -1.66. The van der Waals surface area contributed by atoms with Crippen molar-refractivity contribution in [3.05, 3.63) is 41.3 Å². The van der Waals surface area contributed by atoms with Gasteiger partial charge < -0.3 is 4.90 Å². The van der Waals surface area contributed by atoms with Gasteiger partial charge in [-0.15, -0.1) is 0 Å². The highest BCUT2D eigenvalue weighted by Gasteiger charge is 2.34. The summed E-state index contributed by atoms with van der Waals surface area (Å²) in [5, 5.41) is 1.28. The van der Waals surface area contributed by atoms with Crippen LogP contribution in [0.5, 0.6) is 0 Å². The molecule has 1 heterocycles. The van der Waals surface area contributed by atoms with E-state index in [4.69, 9.17) is 0 Å². The highest BCUT2D eigenvalue weighted by Crippen LogP contribution is 2.28. The number of benzene rings is 1. The first-order chi connectivity index (χ1) is 13.0. The maximum atomic E-state index is 12.9. The minimum Gasteiger partial charge on any atom is -0.340 e. The first-order valence-electron chi connectivity index (χ1n) is 10.0. The summed E-state index contributed by atoms with van der Waals surface area (Å²) in [6, 6.07) is 9.80. The van der Waals surface area contributed by atoms with Crippen molar-refractivity contribution in [3.63, 3.8) is 0 Å². The summed E-state index contributed by atoms with van der Waals surface area (Å²) in [7, 11) is -3.44. The first kappa shape index (κ1) is 20.1. The van der Waals surface area contributed by atoms with Crippen molar-refractivity contribution in [2.45, 2.75) is 51.5 Å². The summed E-state index contributed by atoms with van der Waals surface area (Å²) >= 11 is 0. The Labute approximate surface area is 163 Å². The van der Waals surface area contributed by atoms with Crippen LogP contribution in [0, 0.1) is 5.92 Å². The van der Waals surface area contributed by atoms with E-state index in [9.17, 15) is 13.2 Å². The standard InChI is InChI=1S/C21H30N2O3S/c1-2-23(20-10-6-7-11-20)21(24)19-12-15-22(16-13-19)27(25,26)17-14-18-8-4-3-5-9-18/h3-5,8-9,14,17,19-20H,2,6-7,10-13,15-16H2,1H3/b17-14+. The van der Waals surface area contributed by atoms with Crippen LogP contribution in [0.25, 0.3) is 6.08 Å². The Balaban J connectivity index is 1.57. The Morgan fingerprint density at radius 3 is 2.33 bits per heavy atom. The second-order valence-electron chi connectivity index (χ2n) is 7.49. The number of amides is 1. The highest BCUT2D eigenvalue weighted by molar-refractivity contribution is 7.92. The number of hydrogen-bond acceptors (Lipinski definition) is 3. The van der Waals surface area contributed by atoms with Gasteiger partial charge in [-0.25, -0.2) is 8.42 Å². The van der Waals surface area contributed by atoms with Crippen LogP contribution in [0.2, 0.25) is 0 Å². The third kappa shape index (κ3) is 4.99. The van der Waals surface area contributed by atoms with Gasteiger partial charge in [-0.1, -0.05) is 43.2 Å². The summed E-state index contributed by atoms with van der Waals surface area (Å²) < 4.78 is 26.7. The molecule has 0 atom stereocenters. The number of hydrogen-bond donors (Lipinski definition) is 0. The van der Waals surface area contributed by atoms with Crippen LogP contribution in [0.15, 0.2) is 35.7 Å². The van der Waals surface area contributed by atoms with Crippen LogP contribution in [-0.2, 0) is 14.8 Å². The largest absolute Gasteiger partial charge is 0.340 e. The lowest BCUT2D eigenvalue weighted by atomic mass is 9.95. The van der Waals surface area contributed by atoms with Crippen LogP contribution in [0.1, 0.15) is 51.0 Å². The van der Waals surface area contributed by atoms with Gasteiger partial charge in [0.1, 0.15) is 0 Å². The average Bonchev–Trinajstić information content (AvgIpc) is 3.22. The summed E-state index contributed by atoms with van der Waals surface area (Å²) in [6.07, 6.45) is 7.48. The molecule has 2 aliphatic rings. The lowest BCUT2D eigenvalue weighted by Gasteiger charge is -2.35.